The average molecular weight is 632 g/mol. The number of pyridine rings is 1. The molecule has 0 radical (unpaired) electrons. The Balaban J connectivity index is 1.19. The lowest BCUT2D eigenvalue weighted by atomic mass is 9.91. The summed E-state index contributed by atoms with van der Waals surface area (Å²) in [5, 5.41) is 9.48. The van der Waals surface area contributed by atoms with Crippen LogP contribution in [0.4, 0.5) is 9.18 Å². The van der Waals surface area contributed by atoms with Crippen LogP contribution in [0.5, 0.6) is 11.6 Å². The van der Waals surface area contributed by atoms with E-state index in [-0.39, 0.29) is 23.5 Å². The van der Waals surface area contributed by atoms with Crippen LogP contribution in [0.15, 0.2) is 60.8 Å². The van der Waals surface area contributed by atoms with Gasteiger partial charge in [-0.2, -0.15) is 0 Å². The van der Waals surface area contributed by atoms with Crippen molar-refractivity contribution < 1.29 is 23.5 Å². The van der Waals surface area contributed by atoms with Crippen LogP contribution >= 0.6 is 0 Å². The fraction of sp³-hybridized carbons (Fsp3) is 0.472. The highest BCUT2D eigenvalue weighted by Crippen LogP contribution is 2.29. The second kappa shape index (κ2) is 14.6. The van der Waals surface area contributed by atoms with Crippen LogP contribution in [0.3, 0.4) is 0 Å². The minimum atomic E-state index is -0.624. The molecule has 0 spiro atoms. The second-order valence-electron chi connectivity index (χ2n) is 13.7. The summed E-state index contributed by atoms with van der Waals surface area (Å²) in [6.45, 7) is 12.9. The van der Waals surface area contributed by atoms with Gasteiger partial charge in [-0.25, -0.2) is 14.2 Å². The van der Waals surface area contributed by atoms with Crippen molar-refractivity contribution in [2.24, 2.45) is 0 Å². The van der Waals surface area contributed by atoms with Gasteiger partial charge < -0.3 is 25.4 Å². The van der Waals surface area contributed by atoms with Crippen LogP contribution in [0.25, 0.3) is 11.1 Å². The zero-order valence-electron chi connectivity index (χ0n) is 27.4. The summed E-state index contributed by atoms with van der Waals surface area (Å²) < 4.78 is 25.7. The molecule has 1 saturated carbocycles. The number of carbonyl (C=O) groups is 2. The molecule has 2 amide bonds. The summed E-state index contributed by atoms with van der Waals surface area (Å²) in [5.74, 6) is -0.551. The van der Waals surface area contributed by atoms with Crippen molar-refractivity contribution in [1.82, 2.24) is 25.8 Å². The molecular weight excluding hydrogens is 585 g/mol. The molecule has 246 valence electrons. The monoisotopic (exact) mass is 631 g/mol. The molecule has 3 aromatic rings. The van der Waals surface area contributed by atoms with E-state index in [9.17, 15) is 14.0 Å². The van der Waals surface area contributed by atoms with Crippen molar-refractivity contribution in [2.75, 3.05) is 13.1 Å². The van der Waals surface area contributed by atoms with Crippen LogP contribution < -0.4 is 20.7 Å². The van der Waals surface area contributed by atoms with E-state index in [0.717, 1.165) is 43.0 Å². The zero-order valence-corrected chi connectivity index (χ0v) is 27.4. The highest BCUT2D eigenvalue weighted by atomic mass is 19.1. The van der Waals surface area contributed by atoms with Crippen molar-refractivity contribution in [2.45, 2.75) is 96.6 Å². The number of benzene rings is 2. The van der Waals surface area contributed by atoms with E-state index in [1.807, 2.05) is 39.0 Å². The molecule has 2 atom stereocenters. The van der Waals surface area contributed by atoms with Gasteiger partial charge in [-0.05, 0) is 95.2 Å². The third kappa shape index (κ3) is 9.50. The van der Waals surface area contributed by atoms with Crippen LogP contribution in [-0.2, 0) is 11.3 Å². The van der Waals surface area contributed by atoms with Gasteiger partial charge in [-0.1, -0.05) is 36.4 Å². The number of aromatic nitrogens is 1. The number of nitrogens with zero attached hydrogens (tertiary/aromatic N) is 2. The predicted octanol–water partition coefficient (Wildman–Crippen LogP) is 6.43. The van der Waals surface area contributed by atoms with Gasteiger partial charge in [0.15, 0.2) is 0 Å². The predicted molar refractivity (Wildman–Crippen MR) is 176 cm³/mol. The first-order chi connectivity index (χ1) is 21.9. The van der Waals surface area contributed by atoms with Gasteiger partial charge >= 0.3 is 6.09 Å². The molecule has 3 N–H and O–H groups in total. The average Bonchev–Trinajstić information content (AvgIpc) is 2.98. The Morgan fingerprint density at radius 2 is 1.59 bits per heavy atom. The maximum Gasteiger partial charge on any atom is 0.407 e. The summed E-state index contributed by atoms with van der Waals surface area (Å²) in [4.78, 5) is 32.0. The second-order valence-corrected chi connectivity index (χ2v) is 13.7. The zero-order chi connectivity index (χ0) is 32.8. The molecule has 10 heteroatoms. The Morgan fingerprint density at radius 3 is 2.24 bits per heavy atom. The van der Waals surface area contributed by atoms with E-state index >= 15 is 0 Å². The molecule has 1 aliphatic heterocycles. The molecule has 0 bridgehead atoms. The number of hydrogen-bond acceptors (Lipinski definition) is 7. The SMILES string of the molecule is C[C@@H]1CN(Cc2ccc(-c3cccc(Oc4ncc(F)cc4C(=O)NC4CCC(NC(=O)OC(C)(C)C)CC4)c3)cc2)C[C@H](C)N1. The summed E-state index contributed by atoms with van der Waals surface area (Å²) in [7, 11) is 0. The van der Waals surface area contributed by atoms with Crippen molar-refractivity contribution in [3.63, 3.8) is 0 Å². The molecular formula is C36H46FN5O4. The van der Waals surface area contributed by atoms with Gasteiger partial charge in [0.1, 0.15) is 22.7 Å². The fourth-order valence-electron chi connectivity index (χ4n) is 6.27. The van der Waals surface area contributed by atoms with Gasteiger partial charge in [-0.15, -0.1) is 0 Å². The Kier molecular flexibility index (Phi) is 10.6. The van der Waals surface area contributed by atoms with E-state index in [4.69, 9.17) is 9.47 Å². The maximum atomic E-state index is 14.3. The molecule has 2 aromatic carbocycles. The summed E-state index contributed by atoms with van der Waals surface area (Å²) in [5.41, 5.74) is 2.72. The number of ether oxygens (including phenoxy) is 2. The van der Waals surface area contributed by atoms with E-state index in [2.05, 4.69) is 63.9 Å². The smallest absolute Gasteiger partial charge is 0.407 e. The molecule has 5 rings (SSSR count). The third-order valence-corrected chi connectivity index (χ3v) is 8.22. The van der Waals surface area contributed by atoms with Crippen LogP contribution in [0.1, 0.15) is 76.2 Å². The quantitative estimate of drug-likeness (QED) is 0.263. The van der Waals surface area contributed by atoms with Crippen molar-refractivity contribution in [3.8, 4) is 22.8 Å². The number of piperazine rings is 1. The first-order valence-electron chi connectivity index (χ1n) is 16.2. The van der Waals surface area contributed by atoms with Crippen molar-refractivity contribution in [3.05, 3.63) is 77.7 Å². The lowest BCUT2D eigenvalue weighted by Gasteiger charge is -2.36. The van der Waals surface area contributed by atoms with E-state index in [0.29, 0.717) is 43.5 Å². The summed E-state index contributed by atoms with van der Waals surface area (Å²) in [6, 6.07) is 18.0. The third-order valence-electron chi connectivity index (χ3n) is 8.22. The van der Waals surface area contributed by atoms with E-state index < -0.39 is 23.4 Å². The van der Waals surface area contributed by atoms with Gasteiger partial charge in [0.2, 0.25) is 5.88 Å². The Hall–Kier alpha value is -4.02. The Bertz CT molecular complexity index is 1490. The van der Waals surface area contributed by atoms with Crippen molar-refractivity contribution >= 4 is 12.0 Å². The van der Waals surface area contributed by atoms with Crippen molar-refractivity contribution in [1.29, 1.82) is 0 Å². The lowest BCUT2D eigenvalue weighted by Crippen LogP contribution is -2.53. The van der Waals surface area contributed by atoms with Gasteiger partial charge in [0.25, 0.3) is 5.91 Å². The van der Waals surface area contributed by atoms with E-state index in [1.54, 1.807) is 6.07 Å². The molecule has 1 aromatic heterocycles. The maximum absolute atomic E-state index is 14.3. The number of nitrogens with one attached hydrogen (secondary N) is 3. The minimum absolute atomic E-state index is 0.0268. The Morgan fingerprint density at radius 1 is 0.935 bits per heavy atom. The van der Waals surface area contributed by atoms with Gasteiger partial charge in [-0.3, -0.25) is 9.69 Å². The number of hydrogen-bond donors (Lipinski definition) is 3. The summed E-state index contributed by atoms with van der Waals surface area (Å²) in [6.07, 6.45) is 3.32. The highest BCUT2D eigenvalue weighted by Gasteiger charge is 2.27. The molecule has 1 saturated heterocycles. The molecule has 2 aliphatic rings. The normalized spacial score (nSPS) is 22.1. The number of rotatable bonds is 8. The molecule has 9 nitrogen and oxygen atoms in total. The van der Waals surface area contributed by atoms with Crippen LogP contribution in [0, 0.1) is 5.82 Å². The first-order valence-corrected chi connectivity index (χ1v) is 16.2. The summed E-state index contributed by atoms with van der Waals surface area (Å²) >= 11 is 0. The number of carbonyl (C=O) groups excluding carboxylic acids is 2. The van der Waals surface area contributed by atoms with Gasteiger partial charge in [0.05, 0.1) is 6.20 Å². The topological polar surface area (TPSA) is 105 Å². The highest BCUT2D eigenvalue weighted by molar-refractivity contribution is 5.96. The largest absolute Gasteiger partial charge is 0.444 e. The lowest BCUT2D eigenvalue weighted by molar-refractivity contribution is 0.0487. The molecule has 2 heterocycles. The van der Waals surface area contributed by atoms with Crippen LogP contribution in [0.2, 0.25) is 0 Å². The number of halogens is 1. The van der Waals surface area contributed by atoms with Crippen LogP contribution in [-0.4, -0.2) is 64.7 Å². The van der Waals surface area contributed by atoms with Gasteiger partial charge in [0, 0.05) is 43.8 Å². The molecule has 1 aliphatic carbocycles. The Labute approximate surface area is 271 Å². The fourth-order valence-corrected chi connectivity index (χ4v) is 6.27. The van der Waals surface area contributed by atoms with E-state index in [1.165, 1.54) is 5.56 Å². The minimum Gasteiger partial charge on any atom is -0.444 e. The molecule has 0 unspecified atom stereocenters. The molecule has 2 fully saturated rings. The molecule has 46 heavy (non-hydrogen) atoms. The standard InChI is InChI=1S/C36H46FN5O4/c1-23-20-42(21-24(2)39-23)22-25-9-11-26(12-10-25)27-7-6-8-31(17-27)45-34-32(18-28(37)19-38-34)33(43)40-29-13-15-30(16-14-29)41-35(44)46-36(3,4)5/h6-12,17-19,23-24,29-30,39H,13-16,20-22H2,1-5H3,(H,40,43)(H,41,44)/t23-,24+,29?,30?. The number of alkyl carbamates (subject to hydrolysis) is 1. The first kappa shape index (κ1) is 33.3. The number of amides is 2.